The van der Waals surface area contributed by atoms with Gasteiger partial charge in [0.15, 0.2) is 0 Å². The Bertz CT molecular complexity index is 1350. The fourth-order valence-corrected chi connectivity index (χ4v) is 3.94. The van der Waals surface area contributed by atoms with E-state index in [1.165, 1.54) is 17.7 Å². The summed E-state index contributed by atoms with van der Waals surface area (Å²) in [4.78, 5) is 19.5. The van der Waals surface area contributed by atoms with Crippen LogP contribution in [0.3, 0.4) is 0 Å². The third-order valence-electron chi connectivity index (χ3n) is 5.38. The number of pyridine rings is 1. The van der Waals surface area contributed by atoms with E-state index < -0.39 is 5.82 Å². The van der Waals surface area contributed by atoms with Crippen molar-refractivity contribution in [2.24, 2.45) is 0 Å². The molecule has 2 aromatic heterocycles. The molecule has 0 spiro atoms. The van der Waals surface area contributed by atoms with Crippen molar-refractivity contribution in [2.75, 3.05) is 24.7 Å². The van der Waals surface area contributed by atoms with Crippen LogP contribution in [0.15, 0.2) is 73.2 Å². The quantitative estimate of drug-likeness (QED) is 0.462. The molecule has 0 aliphatic carbocycles. The van der Waals surface area contributed by atoms with Crippen LogP contribution in [0.4, 0.5) is 15.8 Å². The second-order valence-electron chi connectivity index (χ2n) is 8.06. The van der Waals surface area contributed by atoms with Gasteiger partial charge in [0.2, 0.25) is 0 Å². The minimum atomic E-state index is -0.393. The van der Waals surface area contributed by atoms with Crippen LogP contribution >= 0.6 is 0 Å². The van der Waals surface area contributed by atoms with Gasteiger partial charge in [0, 0.05) is 41.9 Å². The van der Waals surface area contributed by atoms with E-state index in [1.54, 1.807) is 12.3 Å². The molecule has 4 aromatic rings. The van der Waals surface area contributed by atoms with Crippen molar-refractivity contribution in [3.8, 4) is 0 Å². The Hall–Kier alpha value is -3.97. The number of hydrogen-bond acceptors (Lipinski definition) is 4. The van der Waals surface area contributed by atoms with E-state index in [9.17, 15) is 9.18 Å². The fourth-order valence-electron chi connectivity index (χ4n) is 3.94. The number of hydrogen-bond donors (Lipinski definition) is 2. The van der Waals surface area contributed by atoms with Gasteiger partial charge < -0.3 is 19.9 Å². The molecule has 7 heteroatoms. The third kappa shape index (κ3) is 3.74. The van der Waals surface area contributed by atoms with Crippen molar-refractivity contribution in [3.63, 3.8) is 0 Å². The van der Waals surface area contributed by atoms with Gasteiger partial charge in [0.25, 0.3) is 5.91 Å². The molecule has 0 bridgehead atoms. The fraction of sp³-hybridized carbons (Fsp3) is 0.120. The summed E-state index contributed by atoms with van der Waals surface area (Å²) >= 11 is 0. The summed E-state index contributed by atoms with van der Waals surface area (Å²) in [6.07, 6.45) is 5.49. The Balaban J connectivity index is 1.63. The first-order valence-corrected chi connectivity index (χ1v) is 10.3. The maximum absolute atomic E-state index is 13.8. The Morgan fingerprint density at radius 1 is 1.09 bits per heavy atom. The van der Waals surface area contributed by atoms with Crippen molar-refractivity contribution < 1.29 is 9.18 Å². The molecule has 2 N–H and O–H groups in total. The number of aromatic nitrogens is 2. The van der Waals surface area contributed by atoms with Gasteiger partial charge >= 0.3 is 0 Å². The average molecular weight is 427 g/mol. The molecule has 0 atom stereocenters. The highest BCUT2D eigenvalue weighted by molar-refractivity contribution is 6.37. The van der Waals surface area contributed by atoms with Gasteiger partial charge in [0.05, 0.1) is 17.0 Å². The lowest BCUT2D eigenvalue weighted by Gasteiger charge is -2.16. The molecule has 1 aliphatic heterocycles. The number of rotatable bonds is 5. The van der Waals surface area contributed by atoms with Crippen molar-refractivity contribution >= 4 is 34.2 Å². The van der Waals surface area contributed by atoms with E-state index in [0.717, 1.165) is 23.4 Å². The first-order valence-electron chi connectivity index (χ1n) is 10.3. The van der Waals surface area contributed by atoms with Gasteiger partial charge in [-0.1, -0.05) is 12.1 Å². The molecule has 5 rings (SSSR count). The Kier molecular flexibility index (Phi) is 4.95. The van der Waals surface area contributed by atoms with E-state index in [1.807, 2.05) is 55.2 Å². The lowest BCUT2D eigenvalue weighted by atomic mass is 10.0. The summed E-state index contributed by atoms with van der Waals surface area (Å²) in [6, 6.07) is 16.3. The highest BCUT2D eigenvalue weighted by atomic mass is 19.1. The Morgan fingerprint density at radius 3 is 2.69 bits per heavy atom. The number of carbonyl (C=O) groups is 1. The molecular formula is C25H22FN5O. The minimum absolute atomic E-state index is 0.277. The Labute approximate surface area is 185 Å². The van der Waals surface area contributed by atoms with Crippen LogP contribution in [-0.4, -0.2) is 34.3 Å². The maximum Gasteiger partial charge on any atom is 0.258 e. The van der Waals surface area contributed by atoms with Gasteiger partial charge in [-0.25, -0.2) is 9.37 Å². The summed E-state index contributed by atoms with van der Waals surface area (Å²) in [5.74, 6) is -0.671. The number of benzene rings is 2. The predicted octanol–water partition coefficient (Wildman–Crippen LogP) is 4.47. The van der Waals surface area contributed by atoms with Crippen LogP contribution in [0, 0.1) is 5.82 Å². The summed E-state index contributed by atoms with van der Waals surface area (Å²) in [7, 11) is 4.05. The first-order chi connectivity index (χ1) is 15.5. The summed E-state index contributed by atoms with van der Waals surface area (Å²) in [5.41, 5.74) is 5.84. The zero-order chi connectivity index (χ0) is 22.2. The SMILES string of the molecule is CN(C)Cc1ccc(N/C(=C2\C(=O)Nc3cc(F)ccc32)c2ccn3ccnc3c2)cc1. The molecule has 0 unspecified atom stereocenters. The highest BCUT2D eigenvalue weighted by Crippen LogP contribution is 2.38. The molecule has 0 saturated carbocycles. The number of nitrogens with zero attached hydrogens (tertiary/aromatic N) is 3. The van der Waals surface area contributed by atoms with Crippen molar-refractivity contribution in [3.05, 3.63) is 95.7 Å². The normalized spacial score (nSPS) is 14.6. The number of amides is 1. The largest absolute Gasteiger partial charge is 0.354 e. The first kappa shape index (κ1) is 20.0. The molecule has 0 fully saturated rings. The molecule has 0 radical (unpaired) electrons. The highest BCUT2D eigenvalue weighted by Gasteiger charge is 2.29. The molecular weight excluding hydrogens is 405 g/mol. The molecule has 1 aliphatic rings. The van der Waals surface area contributed by atoms with Crippen molar-refractivity contribution in [2.45, 2.75) is 6.54 Å². The molecule has 2 aromatic carbocycles. The lowest BCUT2D eigenvalue weighted by molar-refractivity contribution is -0.110. The molecule has 32 heavy (non-hydrogen) atoms. The number of imidazole rings is 1. The van der Waals surface area contributed by atoms with Crippen LogP contribution in [-0.2, 0) is 11.3 Å². The van der Waals surface area contributed by atoms with E-state index in [0.29, 0.717) is 22.5 Å². The molecule has 6 nitrogen and oxygen atoms in total. The van der Waals surface area contributed by atoms with Gasteiger partial charge in [-0.2, -0.15) is 0 Å². The summed E-state index contributed by atoms with van der Waals surface area (Å²) in [6.45, 7) is 0.839. The van der Waals surface area contributed by atoms with Crippen LogP contribution in [0.2, 0.25) is 0 Å². The second kappa shape index (κ2) is 7.94. The van der Waals surface area contributed by atoms with Gasteiger partial charge in [0.1, 0.15) is 11.5 Å². The molecule has 160 valence electrons. The summed E-state index contributed by atoms with van der Waals surface area (Å²) < 4.78 is 15.7. The van der Waals surface area contributed by atoms with Crippen LogP contribution in [0.5, 0.6) is 0 Å². The standard InChI is InChI=1S/C25H22FN5O/c1-30(2)15-16-3-6-19(7-4-16)28-24(17-9-11-31-12-10-27-22(31)13-17)23-20-8-5-18(26)14-21(20)29-25(23)32/h3-14,28H,15H2,1-2H3,(H,29,32)/b24-23-. The predicted molar refractivity (Wildman–Crippen MR) is 124 cm³/mol. The van der Waals surface area contributed by atoms with E-state index in [4.69, 9.17) is 0 Å². The number of fused-ring (bicyclic) bond motifs is 2. The van der Waals surface area contributed by atoms with E-state index >= 15 is 0 Å². The van der Waals surface area contributed by atoms with Crippen LogP contribution in [0.1, 0.15) is 16.7 Å². The van der Waals surface area contributed by atoms with Gasteiger partial charge in [-0.3, -0.25) is 4.79 Å². The average Bonchev–Trinajstić information content (AvgIpc) is 3.35. The molecule has 1 amide bonds. The second-order valence-corrected chi connectivity index (χ2v) is 8.06. The van der Waals surface area contributed by atoms with Crippen LogP contribution < -0.4 is 10.6 Å². The number of nitrogens with one attached hydrogen (secondary N) is 2. The lowest BCUT2D eigenvalue weighted by Crippen LogP contribution is -2.11. The molecule has 0 saturated heterocycles. The van der Waals surface area contributed by atoms with Gasteiger partial charge in [-0.15, -0.1) is 0 Å². The monoisotopic (exact) mass is 427 g/mol. The smallest absolute Gasteiger partial charge is 0.258 e. The van der Waals surface area contributed by atoms with E-state index in [-0.39, 0.29) is 5.91 Å². The maximum atomic E-state index is 13.8. The van der Waals surface area contributed by atoms with Crippen molar-refractivity contribution in [1.29, 1.82) is 0 Å². The Morgan fingerprint density at radius 2 is 1.91 bits per heavy atom. The topological polar surface area (TPSA) is 61.7 Å². The van der Waals surface area contributed by atoms with Crippen molar-refractivity contribution in [1.82, 2.24) is 14.3 Å². The minimum Gasteiger partial charge on any atom is -0.354 e. The number of halogens is 1. The van der Waals surface area contributed by atoms with Gasteiger partial charge in [-0.05, 0) is 62.1 Å². The molecule has 3 heterocycles. The third-order valence-corrected chi connectivity index (χ3v) is 5.38. The van der Waals surface area contributed by atoms with Crippen LogP contribution in [0.25, 0.3) is 16.9 Å². The zero-order valence-corrected chi connectivity index (χ0v) is 17.8. The summed E-state index contributed by atoms with van der Waals surface area (Å²) in [5, 5.41) is 6.22. The number of carbonyl (C=O) groups excluding carboxylic acids is 1. The van der Waals surface area contributed by atoms with E-state index in [2.05, 4.69) is 32.7 Å². The number of anilines is 2. The zero-order valence-electron chi connectivity index (χ0n) is 17.8.